The molecule has 1 atom stereocenters. The number of hydrogen-bond donors (Lipinski definition) is 3. The Bertz CT molecular complexity index is 1230. The second-order valence-corrected chi connectivity index (χ2v) is 8.92. The number of amides is 1. The standard InChI is InChI=1S/C26H26F2N2O4/c1-14(30(4)12-17(32)13-31)15-5-7-16(8-6-15)19-10-23(34-26(19,2)3)24-18-9-20(27)21(28)11-22(18)29-25(24)33/h5-11,17,31-32H,1,12-13H2,2-4H3,(H,29,33)/b24-23+. The molecule has 0 saturated carbocycles. The Morgan fingerprint density at radius 2 is 1.85 bits per heavy atom. The molecule has 2 aromatic rings. The van der Waals surface area contributed by atoms with Gasteiger partial charge in [0.25, 0.3) is 5.91 Å². The molecular formula is C26H26F2N2O4. The molecule has 0 saturated heterocycles. The highest BCUT2D eigenvalue weighted by atomic mass is 19.2. The number of halogens is 2. The van der Waals surface area contributed by atoms with Crippen molar-refractivity contribution in [2.24, 2.45) is 0 Å². The van der Waals surface area contributed by atoms with Gasteiger partial charge < -0.3 is 25.2 Å². The number of carbonyl (C=O) groups excluding carboxylic acids is 1. The highest BCUT2D eigenvalue weighted by Gasteiger charge is 2.38. The number of likely N-dealkylation sites (N-methyl/N-ethyl adjacent to an activating group) is 1. The lowest BCUT2D eigenvalue weighted by Gasteiger charge is -2.25. The molecule has 4 rings (SSSR count). The van der Waals surface area contributed by atoms with Crippen LogP contribution >= 0.6 is 0 Å². The molecule has 2 aliphatic heterocycles. The van der Waals surface area contributed by atoms with E-state index >= 15 is 0 Å². The molecule has 0 spiro atoms. The van der Waals surface area contributed by atoms with Gasteiger partial charge in [-0.3, -0.25) is 4.79 Å². The first kappa shape index (κ1) is 23.7. The van der Waals surface area contributed by atoms with E-state index in [1.807, 2.05) is 38.1 Å². The second kappa shape index (κ2) is 8.70. The molecule has 1 amide bonds. The molecule has 0 bridgehead atoms. The van der Waals surface area contributed by atoms with Crippen LogP contribution < -0.4 is 5.32 Å². The van der Waals surface area contributed by atoms with Crippen LogP contribution in [0.2, 0.25) is 0 Å². The number of anilines is 1. The Hall–Kier alpha value is -3.49. The zero-order valence-electron chi connectivity index (χ0n) is 19.2. The average Bonchev–Trinajstić information content (AvgIpc) is 3.27. The highest BCUT2D eigenvalue weighted by molar-refractivity contribution is 6.32. The maximum Gasteiger partial charge on any atom is 0.260 e. The molecule has 0 fully saturated rings. The lowest BCUT2D eigenvalue weighted by Crippen LogP contribution is -2.30. The Morgan fingerprint density at radius 1 is 1.21 bits per heavy atom. The number of benzene rings is 2. The largest absolute Gasteiger partial charge is 0.482 e. The van der Waals surface area contributed by atoms with E-state index in [9.17, 15) is 18.7 Å². The minimum atomic E-state index is -1.04. The van der Waals surface area contributed by atoms with Crippen molar-refractivity contribution in [3.8, 4) is 0 Å². The lowest BCUT2D eigenvalue weighted by atomic mass is 9.91. The van der Waals surface area contributed by atoms with Gasteiger partial charge >= 0.3 is 0 Å². The first-order chi connectivity index (χ1) is 16.0. The lowest BCUT2D eigenvalue weighted by molar-refractivity contribution is -0.111. The summed E-state index contributed by atoms with van der Waals surface area (Å²) in [6, 6.07) is 9.54. The maximum absolute atomic E-state index is 13.9. The highest BCUT2D eigenvalue weighted by Crippen LogP contribution is 2.44. The predicted molar refractivity (Wildman–Crippen MR) is 126 cm³/mol. The van der Waals surface area contributed by atoms with Gasteiger partial charge in [-0.2, -0.15) is 0 Å². The molecule has 2 aromatic carbocycles. The molecule has 34 heavy (non-hydrogen) atoms. The molecule has 178 valence electrons. The van der Waals surface area contributed by atoms with Gasteiger partial charge in [0.05, 0.1) is 24.0 Å². The number of rotatable bonds is 6. The number of aliphatic hydroxyl groups excluding tert-OH is 2. The van der Waals surface area contributed by atoms with Crippen LogP contribution in [-0.4, -0.2) is 52.9 Å². The van der Waals surface area contributed by atoms with Crippen molar-refractivity contribution in [2.75, 3.05) is 25.5 Å². The van der Waals surface area contributed by atoms with Crippen LogP contribution in [0.1, 0.15) is 30.5 Å². The van der Waals surface area contributed by atoms with E-state index in [1.165, 1.54) is 0 Å². The zero-order chi connectivity index (χ0) is 24.8. The Labute approximate surface area is 196 Å². The number of ether oxygens (including phenoxy) is 1. The summed E-state index contributed by atoms with van der Waals surface area (Å²) in [5.74, 6) is -2.27. The van der Waals surface area contributed by atoms with Crippen molar-refractivity contribution in [1.29, 1.82) is 0 Å². The van der Waals surface area contributed by atoms with E-state index in [0.29, 0.717) is 5.70 Å². The number of carbonyl (C=O) groups is 1. The van der Waals surface area contributed by atoms with Crippen LogP contribution in [0.25, 0.3) is 16.8 Å². The molecule has 0 radical (unpaired) electrons. The van der Waals surface area contributed by atoms with Gasteiger partial charge in [-0.05, 0) is 37.1 Å². The number of nitrogens with one attached hydrogen (secondary N) is 1. The first-order valence-corrected chi connectivity index (χ1v) is 10.8. The summed E-state index contributed by atoms with van der Waals surface area (Å²) in [4.78, 5) is 14.4. The molecule has 0 aromatic heterocycles. The third-order valence-electron chi connectivity index (χ3n) is 6.03. The molecule has 2 heterocycles. The Balaban J connectivity index is 1.66. The number of aliphatic hydroxyl groups is 2. The third kappa shape index (κ3) is 4.22. The minimum Gasteiger partial charge on any atom is -0.482 e. The molecule has 3 N–H and O–H groups in total. The van der Waals surface area contributed by atoms with Gasteiger partial charge in [0.2, 0.25) is 0 Å². The van der Waals surface area contributed by atoms with E-state index < -0.39 is 29.2 Å². The fourth-order valence-corrected chi connectivity index (χ4v) is 4.17. The van der Waals surface area contributed by atoms with Crippen molar-refractivity contribution in [1.82, 2.24) is 4.90 Å². The SMILES string of the molecule is C=C(c1ccc(C2=C/C(=C3\C(=O)Nc4cc(F)c(F)cc43)OC2(C)C)cc1)N(C)CC(O)CO. The third-order valence-corrected chi connectivity index (χ3v) is 6.03. The fourth-order valence-electron chi connectivity index (χ4n) is 4.17. The van der Waals surface area contributed by atoms with Crippen molar-refractivity contribution in [2.45, 2.75) is 25.6 Å². The topological polar surface area (TPSA) is 82.0 Å². The zero-order valence-corrected chi connectivity index (χ0v) is 19.2. The molecule has 6 nitrogen and oxygen atoms in total. The molecule has 8 heteroatoms. The van der Waals surface area contributed by atoms with Crippen LogP contribution in [0.4, 0.5) is 14.5 Å². The quantitative estimate of drug-likeness (QED) is 0.563. The van der Waals surface area contributed by atoms with Crippen LogP contribution in [-0.2, 0) is 9.53 Å². The molecule has 0 aliphatic carbocycles. The van der Waals surface area contributed by atoms with Gasteiger partial charge in [-0.15, -0.1) is 0 Å². The minimum absolute atomic E-state index is 0.158. The van der Waals surface area contributed by atoms with E-state index in [0.717, 1.165) is 28.8 Å². The summed E-state index contributed by atoms with van der Waals surface area (Å²) in [6.07, 6.45) is 0.885. The Kier molecular flexibility index (Phi) is 6.05. The van der Waals surface area contributed by atoms with E-state index in [1.54, 1.807) is 18.0 Å². The first-order valence-electron chi connectivity index (χ1n) is 10.8. The van der Waals surface area contributed by atoms with E-state index in [-0.39, 0.29) is 35.7 Å². The summed E-state index contributed by atoms with van der Waals surface area (Å²) >= 11 is 0. The second-order valence-electron chi connectivity index (χ2n) is 8.92. The van der Waals surface area contributed by atoms with Gasteiger partial charge in [-0.1, -0.05) is 30.8 Å². The Morgan fingerprint density at radius 3 is 2.50 bits per heavy atom. The summed E-state index contributed by atoms with van der Waals surface area (Å²) in [7, 11) is 1.78. The van der Waals surface area contributed by atoms with Gasteiger partial charge in [0, 0.05) is 36.5 Å². The van der Waals surface area contributed by atoms with Gasteiger partial charge in [0.1, 0.15) is 11.4 Å². The number of fused-ring (bicyclic) bond motifs is 1. The van der Waals surface area contributed by atoms with Crippen molar-refractivity contribution in [3.05, 3.63) is 83.1 Å². The smallest absolute Gasteiger partial charge is 0.260 e. The molecule has 2 aliphatic rings. The van der Waals surface area contributed by atoms with Crippen molar-refractivity contribution >= 4 is 28.4 Å². The van der Waals surface area contributed by atoms with Crippen LogP contribution in [0.3, 0.4) is 0 Å². The van der Waals surface area contributed by atoms with Crippen LogP contribution in [0, 0.1) is 11.6 Å². The summed E-state index contributed by atoms with van der Waals surface area (Å²) < 4.78 is 33.6. The number of nitrogens with zero attached hydrogens (tertiary/aromatic N) is 1. The predicted octanol–water partition coefficient (Wildman–Crippen LogP) is 3.78. The van der Waals surface area contributed by atoms with Crippen molar-refractivity contribution < 1.29 is 28.5 Å². The summed E-state index contributed by atoms with van der Waals surface area (Å²) in [6.45, 7) is 7.70. The molecule has 1 unspecified atom stereocenters. The van der Waals surface area contributed by atoms with Gasteiger partial charge in [-0.25, -0.2) is 8.78 Å². The number of hydrogen-bond acceptors (Lipinski definition) is 5. The monoisotopic (exact) mass is 468 g/mol. The maximum atomic E-state index is 13.9. The fraction of sp³-hybridized carbons (Fsp3) is 0.269. The molecular weight excluding hydrogens is 442 g/mol. The number of allylic oxidation sites excluding steroid dienone is 1. The van der Waals surface area contributed by atoms with Gasteiger partial charge in [0.15, 0.2) is 11.6 Å². The van der Waals surface area contributed by atoms with Crippen LogP contribution in [0.5, 0.6) is 0 Å². The van der Waals surface area contributed by atoms with Crippen molar-refractivity contribution in [3.63, 3.8) is 0 Å². The normalized spacial score (nSPS) is 19.3. The van der Waals surface area contributed by atoms with Crippen LogP contribution in [0.15, 0.2) is 54.8 Å². The average molecular weight is 469 g/mol. The summed E-state index contributed by atoms with van der Waals surface area (Å²) in [5.41, 5.74) is 3.05. The van der Waals surface area contributed by atoms with E-state index in [2.05, 4.69) is 11.9 Å². The van der Waals surface area contributed by atoms with E-state index in [4.69, 9.17) is 9.84 Å². The summed E-state index contributed by atoms with van der Waals surface area (Å²) in [5, 5.41) is 21.3.